The number of nitrogen functional groups attached to an aromatic ring is 1. The standard InChI is InChI=1S/C15H16N4O5S/c1-9-2-4-10(5-3-9)25(22,23)24-13-11-8-19(15(20)21)7-6-12(11)17-14(16)18-13/h2-5H,6-8H2,1H3,(H,20,21)(H2,16,17,18). The Hall–Kier alpha value is -2.88. The number of aryl methyl sites for hydroxylation is 1. The number of rotatable bonds is 3. The number of hydrogen-bond acceptors (Lipinski definition) is 7. The van der Waals surface area contributed by atoms with Gasteiger partial charge in [0, 0.05) is 13.0 Å². The van der Waals surface area contributed by atoms with Gasteiger partial charge in [0.1, 0.15) is 4.90 Å². The lowest BCUT2D eigenvalue weighted by Gasteiger charge is -2.26. The summed E-state index contributed by atoms with van der Waals surface area (Å²) < 4.78 is 30.1. The number of anilines is 1. The SMILES string of the molecule is Cc1ccc(S(=O)(=O)Oc2nc(N)nc3c2CN(C(=O)O)CC3)cc1. The van der Waals surface area contributed by atoms with Crippen molar-refractivity contribution in [2.75, 3.05) is 12.3 Å². The van der Waals surface area contributed by atoms with E-state index in [0.717, 1.165) is 10.5 Å². The van der Waals surface area contributed by atoms with Crippen molar-refractivity contribution in [3.8, 4) is 5.88 Å². The van der Waals surface area contributed by atoms with E-state index in [4.69, 9.17) is 15.0 Å². The molecule has 0 saturated heterocycles. The second-order valence-corrected chi connectivity index (χ2v) is 7.16. The average Bonchev–Trinajstić information content (AvgIpc) is 2.54. The van der Waals surface area contributed by atoms with Crippen LogP contribution in [0.1, 0.15) is 16.8 Å². The smallest absolute Gasteiger partial charge is 0.407 e. The van der Waals surface area contributed by atoms with E-state index < -0.39 is 16.2 Å². The predicted molar refractivity (Wildman–Crippen MR) is 87.6 cm³/mol. The number of benzene rings is 1. The molecule has 1 aromatic carbocycles. The highest BCUT2D eigenvalue weighted by molar-refractivity contribution is 7.87. The van der Waals surface area contributed by atoms with E-state index >= 15 is 0 Å². The fourth-order valence-electron chi connectivity index (χ4n) is 2.49. The van der Waals surface area contributed by atoms with Gasteiger partial charge in [0.15, 0.2) is 0 Å². The summed E-state index contributed by atoms with van der Waals surface area (Å²) in [5.74, 6) is -0.370. The molecule has 0 fully saturated rings. The third kappa shape index (κ3) is 3.48. The molecule has 2 aromatic rings. The zero-order chi connectivity index (χ0) is 18.2. The van der Waals surface area contributed by atoms with E-state index in [-0.39, 0.29) is 29.8 Å². The van der Waals surface area contributed by atoms with Crippen LogP contribution in [0.4, 0.5) is 10.7 Å². The molecule has 1 amide bonds. The van der Waals surface area contributed by atoms with Crippen molar-refractivity contribution in [2.24, 2.45) is 0 Å². The summed E-state index contributed by atoms with van der Waals surface area (Å²) in [5, 5.41) is 9.15. The van der Waals surface area contributed by atoms with Gasteiger partial charge in [-0.25, -0.2) is 9.78 Å². The molecule has 10 heteroatoms. The van der Waals surface area contributed by atoms with Gasteiger partial charge in [0.25, 0.3) is 0 Å². The first kappa shape index (κ1) is 17.0. The van der Waals surface area contributed by atoms with Crippen molar-refractivity contribution in [1.29, 1.82) is 0 Å². The molecule has 0 bridgehead atoms. The van der Waals surface area contributed by atoms with Gasteiger partial charge in [-0.3, -0.25) is 0 Å². The number of aromatic nitrogens is 2. The monoisotopic (exact) mass is 364 g/mol. The Morgan fingerprint density at radius 3 is 2.60 bits per heavy atom. The van der Waals surface area contributed by atoms with Gasteiger partial charge in [0.05, 0.1) is 17.8 Å². The fraction of sp³-hybridized carbons (Fsp3) is 0.267. The van der Waals surface area contributed by atoms with Crippen molar-refractivity contribution < 1.29 is 22.5 Å². The van der Waals surface area contributed by atoms with Crippen LogP contribution < -0.4 is 9.92 Å². The lowest BCUT2D eigenvalue weighted by atomic mass is 10.1. The minimum absolute atomic E-state index is 0.0325. The molecule has 0 spiro atoms. The first-order valence-corrected chi connectivity index (χ1v) is 8.81. The lowest BCUT2D eigenvalue weighted by Crippen LogP contribution is -2.36. The molecule has 0 saturated carbocycles. The number of nitrogens with zero attached hydrogens (tertiary/aromatic N) is 3. The molecule has 3 N–H and O–H groups in total. The van der Waals surface area contributed by atoms with Crippen LogP contribution in [-0.4, -0.2) is 41.0 Å². The number of amides is 1. The largest absolute Gasteiger partial charge is 0.465 e. The van der Waals surface area contributed by atoms with Crippen molar-refractivity contribution in [2.45, 2.75) is 24.8 Å². The third-order valence-corrected chi connectivity index (χ3v) is 5.04. The van der Waals surface area contributed by atoms with Crippen molar-refractivity contribution in [3.63, 3.8) is 0 Å². The molecule has 2 heterocycles. The van der Waals surface area contributed by atoms with Gasteiger partial charge in [0.2, 0.25) is 11.8 Å². The molecule has 0 atom stereocenters. The first-order valence-electron chi connectivity index (χ1n) is 7.40. The minimum Gasteiger partial charge on any atom is -0.465 e. The molecule has 1 aliphatic rings. The number of carboxylic acid groups (broad SMARTS) is 1. The van der Waals surface area contributed by atoms with Crippen LogP contribution in [0.2, 0.25) is 0 Å². The summed E-state index contributed by atoms with van der Waals surface area (Å²) in [6, 6.07) is 6.13. The molecule has 25 heavy (non-hydrogen) atoms. The number of fused-ring (bicyclic) bond motifs is 1. The maximum atomic E-state index is 12.5. The van der Waals surface area contributed by atoms with E-state index in [2.05, 4.69) is 9.97 Å². The van der Waals surface area contributed by atoms with Crippen LogP contribution in [0.5, 0.6) is 5.88 Å². The highest BCUT2D eigenvalue weighted by Gasteiger charge is 2.28. The van der Waals surface area contributed by atoms with E-state index in [1.807, 2.05) is 6.92 Å². The zero-order valence-corrected chi connectivity index (χ0v) is 14.2. The van der Waals surface area contributed by atoms with Gasteiger partial charge in [-0.2, -0.15) is 13.4 Å². The first-order chi connectivity index (χ1) is 11.8. The summed E-state index contributed by atoms with van der Waals surface area (Å²) >= 11 is 0. The molecule has 1 aliphatic heterocycles. The quantitative estimate of drug-likeness (QED) is 0.775. The van der Waals surface area contributed by atoms with E-state index in [1.165, 1.54) is 12.1 Å². The minimum atomic E-state index is -4.13. The molecule has 1 aromatic heterocycles. The van der Waals surface area contributed by atoms with Gasteiger partial charge < -0.3 is 19.9 Å². The molecule has 0 aliphatic carbocycles. The highest BCUT2D eigenvalue weighted by Crippen LogP contribution is 2.28. The molecule has 3 rings (SSSR count). The van der Waals surface area contributed by atoms with Gasteiger partial charge in [-0.15, -0.1) is 0 Å². The van der Waals surface area contributed by atoms with Gasteiger partial charge in [-0.1, -0.05) is 17.7 Å². The lowest BCUT2D eigenvalue weighted by molar-refractivity contribution is 0.139. The Balaban J connectivity index is 1.99. The van der Waals surface area contributed by atoms with Crippen LogP contribution in [-0.2, 0) is 23.1 Å². The summed E-state index contributed by atoms with van der Waals surface area (Å²) in [4.78, 5) is 20.2. The summed E-state index contributed by atoms with van der Waals surface area (Å²) in [5.41, 5.74) is 7.32. The molecule has 0 unspecified atom stereocenters. The van der Waals surface area contributed by atoms with Gasteiger partial charge in [-0.05, 0) is 19.1 Å². The van der Waals surface area contributed by atoms with E-state index in [9.17, 15) is 13.2 Å². The van der Waals surface area contributed by atoms with Crippen LogP contribution in [0.15, 0.2) is 29.2 Å². The molecule has 0 radical (unpaired) electrons. The Morgan fingerprint density at radius 2 is 1.96 bits per heavy atom. The maximum Gasteiger partial charge on any atom is 0.407 e. The van der Waals surface area contributed by atoms with Crippen LogP contribution in [0.3, 0.4) is 0 Å². The second kappa shape index (κ2) is 6.20. The van der Waals surface area contributed by atoms with Crippen molar-refractivity contribution in [1.82, 2.24) is 14.9 Å². The van der Waals surface area contributed by atoms with E-state index in [0.29, 0.717) is 17.7 Å². The molecular weight excluding hydrogens is 348 g/mol. The second-order valence-electron chi connectivity index (χ2n) is 5.62. The molecular formula is C15H16N4O5S. The van der Waals surface area contributed by atoms with Crippen molar-refractivity contribution in [3.05, 3.63) is 41.1 Å². The Morgan fingerprint density at radius 1 is 1.28 bits per heavy atom. The van der Waals surface area contributed by atoms with Crippen LogP contribution in [0.25, 0.3) is 0 Å². The Kier molecular flexibility index (Phi) is 4.21. The predicted octanol–water partition coefficient (Wildman–Crippen LogP) is 1.17. The molecule has 132 valence electrons. The zero-order valence-electron chi connectivity index (χ0n) is 13.3. The average molecular weight is 364 g/mol. The van der Waals surface area contributed by atoms with Crippen molar-refractivity contribution >= 4 is 22.2 Å². The summed E-state index contributed by atoms with van der Waals surface area (Å²) in [6.45, 7) is 2.01. The normalized spacial score (nSPS) is 14.0. The third-order valence-electron chi connectivity index (χ3n) is 3.81. The maximum absolute atomic E-state index is 12.5. The highest BCUT2D eigenvalue weighted by atomic mass is 32.2. The Bertz CT molecular complexity index is 928. The summed E-state index contributed by atoms with van der Waals surface area (Å²) in [6.07, 6.45) is -0.815. The van der Waals surface area contributed by atoms with Crippen LogP contribution in [0, 0.1) is 6.92 Å². The number of carbonyl (C=O) groups is 1. The van der Waals surface area contributed by atoms with E-state index in [1.54, 1.807) is 12.1 Å². The number of nitrogens with two attached hydrogens (primary N) is 1. The van der Waals surface area contributed by atoms with Crippen LogP contribution >= 0.6 is 0 Å². The van der Waals surface area contributed by atoms with Gasteiger partial charge >= 0.3 is 16.2 Å². The topological polar surface area (TPSA) is 136 Å². The Labute approximate surface area is 144 Å². The summed E-state index contributed by atoms with van der Waals surface area (Å²) in [7, 11) is -4.13. The fourth-order valence-corrected chi connectivity index (χ4v) is 3.40. The molecule has 9 nitrogen and oxygen atoms in total. The number of hydrogen-bond donors (Lipinski definition) is 2.